The zero-order valence-electron chi connectivity index (χ0n) is 14.6. The topological polar surface area (TPSA) is 64.2 Å². The lowest BCUT2D eigenvalue weighted by Crippen LogP contribution is -2.25. The third-order valence-electron chi connectivity index (χ3n) is 3.88. The summed E-state index contributed by atoms with van der Waals surface area (Å²) in [6.45, 7) is 6.70. The normalized spacial score (nSPS) is 11.4. The number of hydrogen-bond acceptors (Lipinski definition) is 3. The molecule has 0 bridgehead atoms. The molecule has 0 spiro atoms. The Bertz CT molecular complexity index is 875. The van der Waals surface area contributed by atoms with E-state index < -0.39 is 0 Å². The van der Waals surface area contributed by atoms with E-state index in [1.807, 2.05) is 41.9 Å². The number of aryl methyl sites for hydroxylation is 2. The highest BCUT2D eigenvalue weighted by Gasteiger charge is 2.14. The summed E-state index contributed by atoms with van der Waals surface area (Å²) >= 11 is 0. The minimum absolute atomic E-state index is 0.131. The number of pyridine rings is 1. The van der Waals surface area contributed by atoms with Gasteiger partial charge in [-0.2, -0.15) is 5.10 Å². The van der Waals surface area contributed by atoms with Crippen LogP contribution in [0.15, 0.2) is 30.6 Å². The minimum Gasteiger partial charge on any atom is -0.345 e. The number of fused-ring (bicyclic) bond motifs is 1. The molecule has 1 amide bonds. The number of nitrogens with zero attached hydrogens (tertiary/aromatic N) is 4. The molecule has 0 aliphatic heterocycles. The molecular formula is C18H23N5O. The van der Waals surface area contributed by atoms with E-state index in [1.165, 1.54) is 0 Å². The Balaban J connectivity index is 1.69. The van der Waals surface area contributed by atoms with Crippen molar-refractivity contribution in [2.75, 3.05) is 0 Å². The van der Waals surface area contributed by atoms with Gasteiger partial charge in [0, 0.05) is 19.4 Å². The molecule has 0 aliphatic rings. The summed E-state index contributed by atoms with van der Waals surface area (Å²) in [4.78, 5) is 16.9. The van der Waals surface area contributed by atoms with Crippen molar-refractivity contribution in [3.8, 4) is 0 Å². The van der Waals surface area contributed by atoms with Crippen molar-refractivity contribution in [1.82, 2.24) is 24.5 Å². The summed E-state index contributed by atoms with van der Waals surface area (Å²) < 4.78 is 3.60. The molecule has 0 unspecified atom stereocenters. The molecule has 126 valence electrons. The molecule has 0 saturated heterocycles. The number of amides is 1. The van der Waals surface area contributed by atoms with E-state index in [1.54, 1.807) is 11.7 Å². The average molecular weight is 325 g/mol. The summed E-state index contributed by atoms with van der Waals surface area (Å²) in [7, 11) is 1.80. The maximum absolute atomic E-state index is 12.4. The molecular weight excluding hydrogens is 302 g/mol. The van der Waals surface area contributed by atoms with Crippen LogP contribution in [0.4, 0.5) is 0 Å². The van der Waals surface area contributed by atoms with Crippen LogP contribution in [0.5, 0.6) is 0 Å². The molecule has 3 rings (SSSR count). The van der Waals surface area contributed by atoms with Gasteiger partial charge in [-0.15, -0.1) is 0 Å². The predicted octanol–water partition coefficient (Wildman–Crippen LogP) is 2.50. The van der Waals surface area contributed by atoms with Crippen LogP contribution in [0.3, 0.4) is 0 Å². The van der Waals surface area contributed by atoms with E-state index in [0.717, 1.165) is 29.0 Å². The number of nitrogens with one attached hydrogen (secondary N) is 1. The quantitative estimate of drug-likeness (QED) is 0.784. The molecule has 1 N–H and O–H groups in total. The van der Waals surface area contributed by atoms with Crippen LogP contribution in [0.1, 0.15) is 41.3 Å². The van der Waals surface area contributed by atoms with Gasteiger partial charge < -0.3 is 9.72 Å². The lowest BCUT2D eigenvalue weighted by Gasteiger charge is -2.02. The van der Waals surface area contributed by atoms with Gasteiger partial charge in [-0.3, -0.25) is 9.48 Å². The molecule has 0 atom stereocenters. The van der Waals surface area contributed by atoms with Crippen molar-refractivity contribution < 1.29 is 4.79 Å². The molecule has 0 aromatic carbocycles. The van der Waals surface area contributed by atoms with Gasteiger partial charge >= 0.3 is 0 Å². The van der Waals surface area contributed by atoms with Gasteiger partial charge in [-0.05, 0) is 43.0 Å². The van der Waals surface area contributed by atoms with Crippen LogP contribution in [0.2, 0.25) is 0 Å². The Morgan fingerprint density at radius 1 is 1.29 bits per heavy atom. The van der Waals surface area contributed by atoms with Gasteiger partial charge in [0.05, 0.1) is 17.9 Å². The maximum atomic E-state index is 12.4. The molecule has 0 aliphatic carbocycles. The first kappa shape index (κ1) is 16.2. The summed E-state index contributed by atoms with van der Waals surface area (Å²) in [5.74, 6) is 0.380. The Hall–Kier alpha value is -2.63. The standard InChI is InChI=1S/C18H23N5O/c1-12(2)7-14-9-16(22(4)21-14)18(24)19-10-15-11-23-6-5-13(3)8-17(23)20-15/h5-6,8-9,11-12H,7,10H2,1-4H3,(H,19,24). The van der Waals surface area contributed by atoms with Gasteiger partial charge in [0.15, 0.2) is 0 Å². The maximum Gasteiger partial charge on any atom is 0.269 e. The van der Waals surface area contributed by atoms with Crippen molar-refractivity contribution in [2.24, 2.45) is 13.0 Å². The van der Waals surface area contributed by atoms with E-state index in [9.17, 15) is 4.79 Å². The van der Waals surface area contributed by atoms with Gasteiger partial charge in [0.1, 0.15) is 11.3 Å². The molecule has 6 heteroatoms. The highest BCUT2D eigenvalue weighted by molar-refractivity contribution is 5.92. The lowest BCUT2D eigenvalue weighted by molar-refractivity contribution is 0.0941. The third kappa shape index (κ3) is 3.48. The highest BCUT2D eigenvalue weighted by atomic mass is 16.2. The number of aromatic nitrogens is 4. The smallest absolute Gasteiger partial charge is 0.269 e. The third-order valence-corrected chi connectivity index (χ3v) is 3.88. The van der Waals surface area contributed by atoms with Gasteiger partial charge in [0.25, 0.3) is 5.91 Å². The van der Waals surface area contributed by atoms with Crippen LogP contribution in [-0.4, -0.2) is 25.1 Å². The molecule has 0 radical (unpaired) electrons. The predicted molar refractivity (Wildman–Crippen MR) is 92.8 cm³/mol. The fourth-order valence-corrected chi connectivity index (χ4v) is 2.74. The van der Waals surface area contributed by atoms with E-state index in [-0.39, 0.29) is 5.91 Å². The van der Waals surface area contributed by atoms with Gasteiger partial charge in [-0.25, -0.2) is 4.98 Å². The first-order chi connectivity index (χ1) is 11.4. The first-order valence-electron chi connectivity index (χ1n) is 8.17. The van der Waals surface area contributed by atoms with Crippen LogP contribution >= 0.6 is 0 Å². The zero-order valence-corrected chi connectivity index (χ0v) is 14.6. The van der Waals surface area contributed by atoms with Crippen molar-refractivity contribution in [2.45, 2.75) is 33.7 Å². The van der Waals surface area contributed by atoms with E-state index >= 15 is 0 Å². The van der Waals surface area contributed by atoms with Crippen LogP contribution < -0.4 is 5.32 Å². The molecule has 24 heavy (non-hydrogen) atoms. The molecule has 3 aromatic heterocycles. The Morgan fingerprint density at radius 2 is 2.08 bits per heavy atom. The Kier molecular flexibility index (Phi) is 4.38. The van der Waals surface area contributed by atoms with Crippen molar-refractivity contribution in [1.29, 1.82) is 0 Å². The Labute approximate surface area is 141 Å². The van der Waals surface area contributed by atoms with E-state index in [0.29, 0.717) is 18.2 Å². The molecule has 0 fully saturated rings. The van der Waals surface area contributed by atoms with Crippen LogP contribution in [0, 0.1) is 12.8 Å². The SMILES string of the molecule is Cc1ccn2cc(CNC(=O)c3cc(CC(C)C)nn3C)nc2c1. The number of carbonyl (C=O) groups excluding carboxylic acids is 1. The van der Waals surface area contributed by atoms with Crippen LogP contribution in [0.25, 0.3) is 5.65 Å². The summed E-state index contributed by atoms with van der Waals surface area (Å²) in [6.07, 6.45) is 4.78. The van der Waals surface area contributed by atoms with Crippen LogP contribution in [-0.2, 0) is 20.0 Å². The largest absolute Gasteiger partial charge is 0.345 e. The average Bonchev–Trinajstić information content (AvgIpc) is 3.06. The number of carbonyl (C=O) groups is 1. The lowest BCUT2D eigenvalue weighted by atomic mass is 10.1. The fraction of sp³-hybridized carbons (Fsp3) is 0.389. The Morgan fingerprint density at radius 3 is 2.83 bits per heavy atom. The van der Waals surface area contributed by atoms with Crippen molar-refractivity contribution >= 4 is 11.6 Å². The minimum atomic E-state index is -0.131. The second kappa shape index (κ2) is 6.47. The molecule has 3 heterocycles. The van der Waals surface area contributed by atoms with Crippen molar-refractivity contribution in [3.63, 3.8) is 0 Å². The monoisotopic (exact) mass is 325 g/mol. The van der Waals surface area contributed by atoms with Gasteiger partial charge in [-0.1, -0.05) is 13.8 Å². The summed E-state index contributed by atoms with van der Waals surface area (Å²) in [5, 5.41) is 7.33. The summed E-state index contributed by atoms with van der Waals surface area (Å²) in [5.41, 5.74) is 4.40. The first-order valence-corrected chi connectivity index (χ1v) is 8.17. The zero-order chi connectivity index (χ0) is 17.3. The number of imidazole rings is 1. The molecule has 3 aromatic rings. The molecule has 6 nitrogen and oxygen atoms in total. The van der Waals surface area contributed by atoms with E-state index in [2.05, 4.69) is 29.2 Å². The second-order valence-corrected chi connectivity index (χ2v) is 6.63. The summed E-state index contributed by atoms with van der Waals surface area (Å²) in [6, 6.07) is 5.91. The van der Waals surface area contributed by atoms with E-state index in [4.69, 9.17) is 0 Å². The number of hydrogen-bond donors (Lipinski definition) is 1. The number of rotatable bonds is 5. The molecule has 0 saturated carbocycles. The van der Waals surface area contributed by atoms with Gasteiger partial charge in [0.2, 0.25) is 0 Å². The highest BCUT2D eigenvalue weighted by Crippen LogP contribution is 2.10. The second-order valence-electron chi connectivity index (χ2n) is 6.63. The van der Waals surface area contributed by atoms with Crippen molar-refractivity contribution in [3.05, 3.63) is 53.2 Å². The fourth-order valence-electron chi connectivity index (χ4n) is 2.74.